The molecule has 22 heavy (non-hydrogen) atoms. The van der Waals surface area contributed by atoms with Gasteiger partial charge in [-0.05, 0) is 17.5 Å². The van der Waals surface area contributed by atoms with Gasteiger partial charge >= 0.3 is 0 Å². The van der Waals surface area contributed by atoms with E-state index in [1.54, 1.807) is 0 Å². The molecule has 3 nitrogen and oxygen atoms in total. The first kappa shape index (κ1) is 16.7. The summed E-state index contributed by atoms with van der Waals surface area (Å²) in [5.41, 5.74) is 2.36. The van der Waals surface area contributed by atoms with E-state index in [4.69, 9.17) is 0 Å². The molecule has 3 heteroatoms. The molecule has 0 fully saturated rings. The van der Waals surface area contributed by atoms with Gasteiger partial charge in [-0.2, -0.15) is 0 Å². The van der Waals surface area contributed by atoms with E-state index in [0.29, 0.717) is 19.5 Å². The number of aliphatic hydroxyl groups is 2. The molecular formula is C19H25NO2. The van der Waals surface area contributed by atoms with Crippen molar-refractivity contribution in [2.24, 2.45) is 0 Å². The molecule has 2 N–H and O–H groups in total. The minimum atomic E-state index is -0.530. The van der Waals surface area contributed by atoms with Gasteiger partial charge in [0.1, 0.15) is 0 Å². The number of benzene rings is 2. The Morgan fingerprint density at radius 1 is 0.864 bits per heavy atom. The normalized spacial score (nSPS) is 14.0. The van der Waals surface area contributed by atoms with Gasteiger partial charge < -0.3 is 10.2 Å². The summed E-state index contributed by atoms with van der Waals surface area (Å²) in [5.74, 6) is 0. The number of aliphatic hydroxyl groups excluding tert-OH is 2. The van der Waals surface area contributed by atoms with Crippen LogP contribution in [0.4, 0.5) is 0 Å². The number of hydrogen-bond acceptors (Lipinski definition) is 3. The fraction of sp³-hybridized carbons (Fsp3) is 0.368. The van der Waals surface area contributed by atoms with Crippen LogP contribution in [0.3, 0.4) is 0 Å². The smallest absolute Gasteiger partial charge is 0.0715 e. The molecule has 0 unspecified atom stereocenters. The van der Waals surface area contributed by atoms with Crippen molar-refractivity contribution in [3.63, 3.8) is 0 Å². The van der Waals surface area contributed by atoms with Gasteiger partial charge in [-0.15, -0.1) is 0 Å². The first-order valence-corrected chi connectivity index (χ1v) is 7.85. The molecule has 0 saturated heterocycles. The van der Waals surface area contributed by atoms with Crippen molar-refractivity contribution >= 4 is 0 Å². The molecule has 0 saturated carbocycles. The molecular weight excluding hydrogens is 274 g/mol. The Morgan fingerprint density at radius 2 is 1.32 bits per heavy atom. The Labute approximate surface area is 132 Å². The Morgan fingerprint density at radius 3 is 1.68 bits per heavy atom. The van der Waals surface area contributed by atoms with Crippen LogP contribution in [-0.2, 0) is 13.1 Å². The highest BCUT2D eigenvalue weighted by atomic mass is 16.3. The molecule has 0 radical (unpaired) electrons. The molecule has 118 valence electrons. The third-order valence-electron chi connectivity index (χ3n) is 3.98. The summed E-state index contributed by atoms with van der Waals surface area (Å²) in [5, 5.41) is 20.0. The van der Waals surface area contributed by atoms with Crippen LogP contribution in [-0.4, -0.2) is 33.9 Å². The maximum atomic E-state index is 10.2. The largest absolute Gasteiger partial charge is 0.395 e. The monoisotopic (exact) mass is 299 g/mol. The van der Waals surface area contributed by atoms with Crippen LogP contribution in [0.5, 0.6) is 0 Å². The van der Waals surface area contributed by atoms with Gasteiger partial charge in [0, 0.05) is 13.1 Å². The number of hydrogen-bond donors (Lipinski definition) is 2. The summed E-state index contributed by atoms with van der Waals surface area (Å²) in [4.78, 5) is 2.15. The number of nitrogens with zero attached hydrogens (tertiary/aromatic N) is 1. The van der Waals surface area contributed by atoms with E-state index in [9.17, 15) is 10.2 Å². The predicted molar refractivity (Wildman–Crippen MR) is 89.3 cm³/mol. The van der Waals surface area contributed by atoms with Crippen LogP contribution in [0.25, 0.3) is 0 Å². The van der Waals surface area contributed by atoms with Crippen LogP contribution < -0.4 is 0 Å². The lowest BCUT2D eigenvalue weighted by atomic mass is 10.0. The standard InChI is InChI=1S/C19H25NO2/c1-2-19(22)18(15-21)20(13-16-9-5-3-6-10-16)14-17-11-7-4-8-12-17/h3-12,18-19,21-22H,2,13-15H2,1H3/t18-,19+/m0/s1. The molecule has 0 aliphatic rings. The Kier molecular flexibility index (Phi) is 6.59. The number of rotatable bonds is 8. The fourth-order valence-electron chi connectivity index (χ4n) is 2.68. The quantitative estimate of drug-likeness (QED) is 0.788. The molecule has 0 aliphatic heterocycles. The summed E-state index contributed by atoms with van der Waals surface area (Å²) in [6.07, 6.45) is 0.100. The molecule has 2 aromatic rings. The molecule has 2 atom stereocenters. The van der Waals surface area contributed by atoms with Gasteiger partial charge in [-0.1, -0.05) is 67.6 Å². The van der Waals surface area contributed by atoms with Crippen molar-refractivity contribution in [2.75, 3.05) is 6.61 Å². The van der Waals surface area contributed by atoms with E-state index >= 15 is 0 Å². The predicted octanol–water partition coefficient (Wildman–Crippen LogP) is 2.82. The van der Waals surface area contributed by atoms with Crippen LogP contribution in [0.15, 0.2) is 60.7 Å². The first-order chi connectivity index (χ1) is 10.7. The van der Waals surface area contributed by atoms with E-state index in [1.165, 1.54) is 11.1 Å². The second-order valence-corrected chi connectivity index (χ2v) is 5.60. The zero-order valence-electron chi connectivity index (χ0n) is 13.1. The lowest BCUT2D eigenvalue weighted by Gasteiger charge is -2.33. The zero-order valence-corrected chi connectivity index (χ0v) is 13.1. The van der Waals surface area contributed by atoms with E-state index < -0.39 is 6.10 Å². The lowest BCUT2D eigenvalue weighted by molar-refractivity contribution is 0.00559. The van der Waals surface area contributed by atoms with E-state index in [-0.39, 0.29) is 12.6 Å². The van der Waals surface area contributed by atoms with E-state index in [1.807, 2.05) is 43.3 Å². The third-order valence-corrected chi connectivity index (χ3v) is 3.98. The summed E-state index contributed by atoms with van der Waals surface area (Å²) in [6, 6.07) is 20.1. The lowest BCUT2D eigenvalue weighted by Crippen LogP contribution is -2.45. The summed E-state index contributed by atoms with van der Waals surface area (Å²) >= 11 is 0. The molecule has 2 rings (SSSR count). The molecule has 0 aliphatic carbocycles. The Balaban J connectivity index is 2.19. The van der Waals surface area contributed by atoms with Crippen LogP contribution in [0, 0.1) is 0 Å². The molecule has 0 spiro atoms. The van der Waals surface area contributed by atoms with Gasteiger partial charge in [0.25, 0.3) is 0 Å². The second-order valence-electron chi connectivity index (χ2n) is 5.60. The summed E-state index contributed by atoms with van der Waals surface area (Å²) in [7, 11) is 0. The third kappa shape index (κ3) is 4.67. The van der Waals surface area contributed by atoms with Gasteiger partial charge in [0.2, 0.25) is 0 Å². The summed E-state index contributed by atoms with van der Waals surface area (Å²) in [6.45, 7) is 3.31. The van der Waals surface area contributed by atoms with Gasteiger partial charge in [0.05, 0.1) is 18.8 Å². The van der Waals surface area contributed by atoms with Crippen LogP contribution in [0.2, 0.25) is 0 Å². The minimum absolute atomic E-state index is 0.0470. The van der Waals surface area contributed by atoms with Crippen molar-refractivity contribution < 1.29 is 10.2 Å². The zero-order chi connectivity index (χ0) is 15.8. The van der Waals surface area contributed by atoms with Crippen molar-refractivity contribution in [3.8, 4) is 0 Å². The van der Waals surface area contributed by atoms with Crippen molar-refractivity contribution in [1.29, 1.82) is 0 Å². The summed E-state index contributed by atoms with van der Waals surface area (Å²) < 4.78 is 0. The van der Waals surface area contributed by atoms with Crippen LogP contribution in [0.1, 0.15) is 24.5 Å². The maximum Gasteiger partial charge on any atom is 0.0715 e. The minimum Gasteiger partial charge on any atom is -0.395 e. The second kappa shape index (κ2) is 8.69. The first-order valence-electron chi connectivity index (χ1n) is 7.85. The van der Waals surface area contributed by atoms with E-state index in [2.05, 4.69) is 29.2 Å². The highest BCUT2D eigenvalue weighted by Gasteiger charge is 2.24. The molecule has 0 aromatic heterocycles. The van der Waals surface area contributed by atoms with Crippen LogP contribution >= 0.6 is 0 Å². The molecule has 0 heterocycles. The fourth-order valence-corrected chi connectivity index (χ4v) is 2.68. The van der Waals surface area contributed by atoms with E-state index in [0.717, 1.165) is 0 Å². The van der Waals surface area contributed by atoms with Crippen molar-refractivity contribution in [2.45, 2.75) is 38.6 Å². The highest BCUT2D eigenvalue weighted by molar-refractivity contribution is 5.17. The van der Waals surface area contributed by atoms with Crippen molar-refractivity contribution in [3.05, 3.63) is 71.8 Å². The Bertz CT molecular complexity index is 488. The molecule has 2 aromatic carbocycles. The van der Waals surface area contributed by atoms with Gasteiger partial charge in [0.15, 0.2) is 0 Å². The SMILES string of the molecule is CC[C@@H](O)[C@H](CO)N(Cc1ccccc1)Cc1ccccc1. The van der Waals surface area contributed by atoms with Gasteiger partial charge in [-0.25, -0.2) is 0 Å². The molecule has 0 bridgehead atoms. The average molecular weight is 299 g/mol. The van der Waals surface area contributed by atoms with Gasteiger partial charge in [-0.3, -0.25) is 4.90 Å². The maximum absolute atomic E-state index is 10.2. The highest BCUT2D eigenvalue weighted by Crippen LogP contribution is 2.16. The average Bonchev–Trinajstić information content (AvgIpc) is 2.57. The Hall–Kier alpha value is -1.68. The molecule has 0 amide bonds. The topological polar surface area (TPSA) is 43.7 Å². The van der Waals surface area contributed by atoms with Crippen molar-refractivity contribution in [1.82, 2.24) is 4.90 Å².